The van der Waals surface area contributed by atoms with Crippen LogP contribution in [0.1, 0.15) is 12.0 Å². The number of nitriles is 1. The average Bonchev–Trinajstić information content (AvgIpc) is 2.79. The van der Waals surface area contributed by atoms with Crippen molar-refractivity contribution in [3.63, 3.8) is 0 Å². The quantitative estimate of drug-likeness (QED) is 0.892. The number of aliphatic carboxylic acids is 1. The number of benzene rings is 1. The van der Waals surface area contributed by atoms with Crippen LogP contribution in [0.3, 0.4) is 0 Å². The first-order valence-corrected chi connectivity index (χ1v) is 6.16. The lowest BCUT2D eigenvalue weighted by atomic mass is 9.98. The maximum atomic E-state index is 11.4. The van der Waals surface area contributed by atoms with Gasteiger partial charge in [0.2, 0.25) is 0 Å². The zero-order valence-electron chi connectivity index (χ0n) is 9.44. The highest BCUT2D eigenvalue weighted by Gasteiger charge is 2.43. The average molecular weight is 311 g/mol. The molecule has 1 aliphatic heterocycles. The minimum atomic E-state index is -1.15. The van der Waals surface area contributed by atoms with Crippen LogP contribution < -0.4 is 5.32 Å². The number of nitrogens with zero attached hydrogens (tertiary/aromatic N) is 1. The van der Waals surface area contributed by atoms with E-state index in [1.54, 1.807) is 18.2 Å². The monoisotopic (exact) mass is 310 g/mol. The fourth-order valence-corrected chi connectivity index (χ4v) is 2.34. The van der Waals surface area contributed by atoms with Crippen LogP contribution in [0.4, 0.5) is 5.69 Å². The van der Waals surface area contributed by atoms with Gasteiger partial charge in [-0.1, -0.05) is 6.07 Å². The van der Waals surface area contributed by atoms with Crippen molar-refractivity contribution >= 4 is 27.6 Å². The van der Waals surface area contributed by atoms with E-state index >= 15 is 0 Å². The number of rotatable bonds is 3. The van der Waals surface area contributed by atoms with Crippen molar-refractivity contribution in [2.24, 2.45) is 0 Å². The van der Waals surface area contributed by atoms with E-state index in [0.29, 0.717) is 28.8 Å². The van der Waals surface area contributed by atoms with E-state index in [1.165, 1.54) is 0 Å². The topological polar surface area (TPSA) is 82.4 Å². The van der Waals surface area contributed by atoms with Gasteiger partial charge in [-0.3, -0.25) is 0 Å². The molecule has 94 valence electrons. The Labute approximate surface area is 112 Å². The molecule has 1 saturated heterocycles. The molecule has 18 heavy (non-hydrogen) atoms. The maximum absolute atomic E-state index is 11.4. The van der Waals surface area contributed by atoms with E-state index in [2.05, 4.69) is 27.3 Å². The van der Waals surface area contributed by atoms with Crippen LogP contribution in [0.5, 0.6) is 0 Å². The Morgan fingerprint density at radius 1 is 1.61 bits per heavy atom. The zero-order chi connectivity index (χ0) is 13.2. The van der Waals surface area contributed by atoms with Crippen molar-refractivity contribution in [1.29, 1.82) is 5.26 Å². The number of carbonyl (C=O) groups is 1. The highest BCUT2D eigenvalue weighted by molar-refractivity contribution is 9.10. The van der Waals surface area contributed by atoms with Crippen molar-refractivity contribution in [3.05, 3.63) is 28.2 Å². The molecule has 0 saturated carbocycles. The SMILES string of the molecule is N#Cc1c(Br)cccc1NC1(C(=O)O)CCOC1. The smallest absolute Gasteiger partial charge is 0.331 e. The lowest BCUT2D eigenvalue weighted by Gasteiger charge is -2.25. The molecule has 1 aromatic carbocycles. The first-order chi connectivity index (χ1) is 8.59. The third kappa shape index (κ3) is 2.19. The van der Waals surface area contributed by atoms with E-state index in [0.717, 1.165) is 0 Å². The Balaban J connectivity index is 2.37. The second kappa shape index (κ2) is 4.96. The number of nitrogens with one attached hydrogen (secondary N) is 1. The van der Waals surface area contributed by atoms with Crippen molar-refractivity contribution in [2.45, 2.75) is 12.0 Å². The summed E-state index contributed by atoms with van der Waals surface area (Å²) < 4.78 is 5.79. The molecule has 1 aromatic rings. The van der Waals surface area contributed by atoms with Gasteiger partial charge in [0.25, 0.3) is 0 Å². The predicted molar refractivity (Wildman–Crippen MR) is 68.3 cm³/mol. The second-order valence-corrected chi connectivity index (χ2v) is 4.94. The summed E-state index contributed by atoms with van der Waals surface area (Å²) in [7, 11) is 0. The molecule has 1 aliphatic rings. The molecule has 2 rings (SSSR count). The molecule has 0 radical (unpaired) electrons. The number of halogens is 1. The van der Waals surface area contributed by atoms with E-state index in [4.69, 9.17) is 10.00 Å². The van der Waals surface area contributed by atoms with Gasteiger partial charge in [-0.2, -0.15) is 5.26 Å². The molecular formula is C12H11BrN2O3. The van der Waals surface area contributed by atoms with Crippen LogP contribution in [-0.4, -0.2) is 29.8 Å². The summed E-state index contributed by atoms with van der Waals surface area (Å²) in [6.07, 6.45) is 0.375. The molecule has 0 bridgehead atoms. The Bertz CT molecular complexity index is 519. The van der Waals surface area contributed by atoms with Crippen molar-refractivity contribution in [2.75, 3.05) is 18.5 Å². The molecular weight excluding hydrogens is 300 g/mol. The van der Waals surface area contributed by atoms with Gasteiger partial charge >= 0.3 is 5.97 Å². The molecule has 5 nitrogen and oxygen atoms in total. The van der Waals surface area contributed by atoms with Crippen LogP contribution >= 0.6 is 15.9 Å². The molecule has 0 aromatic heterocycles. The van der Waals surface area contributed by atoms with Crippen molar-refractivity contribution < 1.29 is 14.6 Å². The molecule has 0 aliphatic carbocycles. The molecule has 1 atom stereocenters. The molecule has 1 fully saturated rings. The third-order valence-corrected chi connectivity index (χ3v) is 3.59. The Morgan fingerprint density at radius 2 is 2.39 bits per heavy atom. The second-order valence-electron chi connectivity index (χ2n) is 4.09. The summed E-state index contributed by atoms with van der Waals surface area (Å²) in [5, 5.41) is 21.4. The minimum Gasteiger partial charge on any atom is -0.479 e. The van der Waals surface area contributed by atoms with Crippen LogP contribution in [-0.2, 0) is 9.53 Å². The Kier molecular flexibility index (Phi) is 3.55. The van der Waals surface area contributed by atoms with Crippen molar-refractivity contribution in [3.8, 4) is 6.07 Å². The van der Waals surface area contributed by atoms with E-state index in [1.807, 2.05) is 0 Å². The first kappa shape index (κ1) is 12.9. The maximum Gasteiger partial charge on any atom is 0.331 e. The number of hydrogen-bond acceptors (Lipinski definition) is 4. The molecule has 2 N–H and O–H groups in total. The molecule has 0 amide bonds. The summed E-state index contributed by atoms with van der Waals surface area (Å²) >= 11 is 3.27. The zero-order valence-corrected chi connectivity index (χ0v) is 11.0. The van der Waals surface area contributed by atoms with Crippen LogP contribution in [0.25, 0.3) is 0 Å². The fraction of sp³-hybridized carbons (Fsp3) is 0.333. The predicted octanol–water partition coefficient (Wildman–Crippen LogP) is 1.98. The van der Waals surface area contributed by atoms with Gasteiger partial charge in [0, 0.05) is 17.5 Å². The normalized spacial score (nSPS) is 22.4. The van der Waals surface area contributed by atoms with Gasteiger partial charge in [-0.25, -0.2) is 4.79 Å². The highest BCUT2D eigenvalue weighted by atomic mass is 79.9. The van der Waals surface area contributed by atoms with Crippen molar-refractivity contribution in [1.82, 2.24) is 0 Å². The summed E-state index contributed by atoms with van der Waals surface area (Å²) in [6.45, 7) is 0.495. The number of anilines is 1. The third-order valence-electron chi connectivity index (χ3n) is 2.93. The van der Waals surface area contributed by atoms with E-state index in [-0.39, 0.29) is 6.61 Å². The van der Waals surface area contributed by atoms with Gasteiger partial charge < -0.3 is 15.2 Å². The summed E-state index contributed by atoms with van der Waals surface area (Å²) in [5.41, 5.74) is -0.253. The fourth-order valence-electron chi connectivity index (χ4n) is 1.89. The summed E-state index contributed by atoms with van der Waals surface area (Å²) in [6, 6.07) is 7.22. The molecule has 0 spiro atoms. The summed E-state index contributed by atoms with van der Waals surface area (Å²) in [5.74, 6) is -0.969. The Hall–Kier alpha value is -1.58. The van der Waals surface area contributed by atoms with Gasteiger partial charge in [-0.15, -0.1) is 0 Å². The molecule has 1 heterocycles. The van der Waals surface area contributed by atoms with Crippen LogP contribution in [0.15, 0.2) is 22.7 Å². The lowest BCUT2D eigenvalue weighted by Crippen LogP contribution is -2.47. The number of ether oxygens (including phenoxy) is 1. The van der Waals surface area contributed by atoms with Crippen LogP contribution in [0.2, 0.25) is 0 Å². The van der Waals surface area contributed by atoms with Gasteiger partial charge in [0.05, 0.1) is 17.9 Å². The number of carboxylic acids is 1. The van der Waals surface area contributed by atoms with E-state index < -0.39 is 11.5 Å². The number of hydrogen-bond donors (Lipinski definition) is 2. The minimum absolute atomic E-state index is 0.0969. The largest absolute Gasteiger partial charge is 0.479 e. The van der Waals surface area contributed by atoms with E-state index in [9.17, 15) is 9.90 Å². The summed E-state index contributed by atoms with van der Waals surface area (Å²) in [4.78, 5) is 11.4. The van der Waals surface area contributed by atoms with Gasteiger partial charge in [0.15, 0.2) is 5.54 Å². The standard InChI is InChI=1S/C12H11BrN2O3/c13-9-2-1-3-10(8(9)6-14)15-12(11(16)17)4-5-18-7-12/h1-3,15H,4-5,7H2,(H,16,17). The highest BCUT2D eigenvalue weighted by Crippen LogP contribution is 2.30. The first-order valence-electron chi connectivity index (χ1n) is 5.37. The lowest BCUT2D eigenvalue weighted by molar-refractivity contribution is -0.142. The Morgan fingerprint density at radius 3 is 2.94 bits per heavy atom. The van der Waals surface area contributed by atoms with Gasteiger partial charge in [-0.05, 0) is 28.1 Å². The number of carboxylic acid groups (broad SMARTS) is 1. The molecule has 6 heteroatoms. The molecule has 1 unspecified atom stereocenters. The van der Waals surface area contributed by atoms with Gasteiger partial charge in [0.1, 0.15) is 6.07 Å². The van der Waals surface area contributed by atoms with Crippen LogP contribution in [0, 0.1) is 11.3 Å².